The van der Waals surface area contributed by atoms with Gasteiger partial charge in [-0.2, -0.15) is 21.0 Å². The lowest BCUT2D eigenvalue weighted by Crippen LogP contribution is -2.95. The van der Waals surface area contributed by atoms with Gasteiger partial charge < -0.3 is 21.3 Å². The van der Waals surface area contributed by atoms with Crippen LogP contribution in [-0.4, -0.2) is 23.6 Å². The van der Waals surface area contributed by atoms with Gasteiger partial charge in [-0.1, -0.05) is 48.5 Å². The summed E-state index contributed by atoms with van der Waals surface area (Å²) < 4.78 is 0. The van der Waals surface area contributed by atoms with E-state index in [1.165, 1.54) is 27.7 Å². The van der Waals surface area contributed by atoms with Gasteiger partial charge in [0.25, 0.3) is 0 Å². The second kappa shape index (κ2) is 12.9. The van der Waals surface area contributed by atoms with Crippen molar-refractivity contribution in [1.29, 1.82) is 21.0 Å². The number of nitrogens with zero attached hydrogens (tertiary/aromatic N) is 4. The number of hydrogen-bond donors (Lipinski definition) is 4. The predicted molar refractivity (Wildman–Crippen MR) is 220 cm³/mol. The summed E-state index contributed by atoms with van der Waals surface area (Å²) in [5.74, 6) is -3.57. The number of nitrogens with one attached hydrogen (secondary N) is 4. The first-order valence-electron chi connectivity index (χ1n) is 19.5. The number of carbonyl (C=O) groups is 4. The highest BCUT2D eigenvalue weighted by Gasteiger charge is 3.11. The zero-order valence-corrected chi connectivity index (χ0v) is 33.0. The van der Waals surface area contributed by atoms with Gasteiger partial charge in [-0.05, 0) is 81.9 Å². The third-order valence-corrected chi connectivity index (χ3v) is 13.9. The van der Waals surface area contributed by atoms with Gasteiger partial charge in [0.05, 0.1) is 0 Å². The molecule has 4 aromatic rings. The smallest absolute Gasteiger partial charge is 0.221 e. The van der Waals surface area contributed by atoms with Gasteiger partial charge in [0.15, 0.2) is 0 Å². The molecular formula is C48H36N8O4. The SMILES string of the molecule is CC(=O)Nc1cccc(C23C4C(=C(C#N)C#N)C5C6(c7cccc(NC(C)=O)c7)C4C(=C(C#N)C#N)C2C6(c2cccc(NC(C)=O)c2)C53c2cccc(NC(C)=O)c2)c1. The van der Waals surface area contributed by atoms with Crippen LogP contribution in [0.4, 0.5) is 22.7 Å². The predicted octanol–water partition coefficient (Wildman–Crippen LogP) is 6.79. The quantitative estimate of drug-likeness (QED) is 0.139. The minimum Gasteiger partial charge on any atom is -0.326 e. The van der Waals surface area contributed by atoms with E-state index in [-0.39, 0.29) is 34.8 Å². The first-order chi connectivity index (χ1) is 28.8. The molecule has 6 aliphatic rings. The Hall–Kier alpha value is -7.80. The van der Waals surface area contributed by atoms with Crippen LogP contribution in [0.3, 0.4) is 0 Å². The Morgan fingerprint density at radius 3 is 0.983 bits per heavy atom. The topological polar surface area (TPSA) is 212 Å². The van der Waals surface area contributed by atoms with Crippen LogP contribution < -0.4 is 21.3 Å². The highest BCUT2D eigenvalue weighted by molar-refractivity contribution is 5.94. The van der Waals surface area contributed by atoms with Crippen LogP contribution in [0.25, 0.3) is 0 Å². The molecule has 0 radical (unpaired) electrons. The summed E-state index contributed by atoms with van der Waals surface area (Å²) in [5.41, 5.74) is 2.19. The van der Waals surface area contributed by atoms with E-state index >= 15 is 0 Å². The lowest BCUT2D eigenvalue weighted by molar-refractivity contribution is -0.272. The number of anilines is 4. The van der Waals surface area contributed by atoms with Gasteiger partial charge in [0.2, 0.25) is 23.6 Å². The van der Waals surface area contributed by atoms with Crippen molar-refractivity contribution in [2.45, 2.75) is 49.4 Å². The molecule has 4 N–H and O–H groups in total. The van der Waals surface area contributed by atoms with Crippen molar-refractivity contribution >= 4 is 46.4 Å². The molecule has 4 aromatic carbocycles. The molecule has 12 nitrogen and oxygen atoms in total. The van der Waals surface area contributed by atoms with Crippen molar-refractivity contribution < 1.29 is 19.2 Å². The zero-order valence-electron chi connectivity index (χ0n) is 33.0. The van der Waals surface area contributed by atoms with Gasteiger partial charge in [0, 0.05) is 95.8 Å². The molecule has 12 heteroatoms. The number of rotatable bonds is 8. The molecule has 6 aliphatic carbocycles. The van der Waals surface area contributed by atoms with Crippen molar-refractivity contribution in [2.24, 2.45) is 23.7 Å². The van der Waals surface area contributed by atoms with E-state index in [0.29, 0.717) is 33.9 Å². The Balaban J connectivity index is 1.53. The Kier molecular flexibility index (Phi) is 8.09. The Morgan fingerprint density at radius 2 is 0.717 bits per heavy atom. The minimum absolute atomic E-state index is 0.0601. The number of hydrogen-bond acceptors (Lipinski definition) is 8. The van der Waals surface area contributed by atoms with E-state index in [1.54, 1.807) is 24.3 Å². The molecule has 0 aromatic heterocycles. The fourth-order valence-electron chi connectivity index (χ4n) is 13.6. The van der Waals surface area contributed by atoms with Crippen LogP contribution in [0.5, 0.6) is 0 Å². The van der Waals surface area contributed by atoms with E-state index in [4.69, 9.17) is 0 Å². The maximum absolute atomic E-state index is 12.6. The Bertz CT molecular complexity index is 2690. The summed E-state index contributed by atoms with van der Waals surface area (Å²) in [7, 11) is 0. The van der Waals surface area contributed by atoms with Crippen molar-refractivity contribution in [3.63, 3.8) is 0 Å². The number of carbonyl (C=O) groups excluding carboxylic acids is 4. The van der Waals surface area contributed by atoms with E-state index in [2.05, 4.69) is 45.5 Å². The summed E-state index contributed by atoms with van der Waals surface area (Å²) in [4.78, 5) is 50.3. The van der Waals surface area contributed by atoms with E-state index in [0.717, 1.165) is 22.3 Å². The largest absolute Gasteiger partial charge is 0.326 e. The lowest BCUT2D eigenvalue weighted by Gasteiger charge is -2.89. The zero-order chi connectivity index (χ0) is 42.5. The van der Waals surface area contributed by atoms with Crippen LogP contribution in [-0.2, 0) is 40.8 Å². The first-order valence-corrected chi connectivity index (χ1v) is 19.5. The van der Waals surface area contributed by atoms with Gasteiger partial charge >= 0.3 is 0 Å². The molecule has 60 heavy (non-hydrogen) atoms. The monoisotopic (exact) mass is 788 g/mol. The average molecular weight is 789 g/mol. The number of allylic oxidation sites excluding steroid dienone is 4. The van der Waals surface area contributed by atoms with E-state index in [1.807, 2.05) is 72.8 Å². The van der Waals surface area contributed by atoms with E-state index in [9.17, 15) is 40.2 Å². The molecule has 0 heterocycles. The molecule has 292 valence electrons. The maximum atomic E-state index is 12.6. The van der Waals surface area contributed by atoms with Crippen LogP contribution in [0.15, 0.2) is 119 Å². The van der Waals surface area contributed by atoms with Gasteiger partial charge in [0.1, 0.15) is 35.4 Å². The first kappa shape index (κ1) is 37.8. The number of amides is 4. The number of nitriles is 4. The summed E-state index contributed by atoms with van der Waals surface area (Å²) in [5, 5.41) is 55.3. The second-order valence-corrected chi connectivity index (χ2v) is 16.3. The second-order valence-electron chi connectivity index (χ2n) is 16.3. The third kappa shape index (κ3) is 4.15. The van der Waals surface area contributed by atoms with Crippen LogP contribution in [0.1, 0.15) is 49.9 Å². The van der Waals surface area contributed by atoms with Crippen LogP contribution in [0.2, 0.25) is 0 Å². The standard InChI is InChI=1S/C48H36N8O4/c1-25(57)53-35-13-5-9-31(17-35)45-41-39(29(21-49)22-50)44-46(32-10-6-14-36(18-32)54-26(2)58)42(41)40(30(23-51)24-52)43(45)48(46,34-12-8-16-38(20-34)56-28(4)60)47(44,45)33-11-7-15-37(19-33)55-27(3)59/h5-20,41-44H,1-4H3,(H,53,57)(H,54,58)(H,55,59)(H,56,60). The van der Waals surface area contributed by atoms with Crippen LogP contribution in [0, 0.1) is 69.0 Å². The van der Waals surface area contributed by atoms with Crippen LogP contribution >= 0.6 is 0 Å². The normalized spacial score (nSPS) is 28.7. The molecular weight excluding hydrogens is 753 g/mol. The molecule has 8 atom stereocenters. The van der Waals surface area contributed by atoms with Crippen molar-refractivity contribution in [3.05, 3.63) is 142 Å². The molecule has 4 amide bonds. The lowest BCUT2D eigenvalue weighted by atomic mass is 9.11. The van der Waals surface area contributed by atoms with Crippen molar-refractivity contribution in [1.82, 2.24) is 0 Å². The molecule has 0 saturated heterocycles. The summed E-state index contributed by atoms with van der Waals surface area (Å²) >= 11 is 0. The fourth-order valence-corrected chi connectivity index (χ4v) is 13.6. The van der Waals surface area contributed by atoms with Gasteiger partial charge in [-0.25, -0.2) is 0 Å². The highest BCUT2D eigenvalue weighted by atomic mass is 16.2. The summed E-state index contributed by atoms with van der Waals surface area (Å²) in [6, 6.07) is 39.2. The maximum Gasteiger partial charge on any atom is 0.221 e. The van der Waals surface area contributed by atoms with Gasteiger partial charge in [-0.3, -0.25) is 19.2 Å². The molecule has 6 fully saturated rings. The molecule has 6 saturated carbocycles. The van der Waals surface area contributed by atoms with Gasteiger partial charge in [-0.15, -0.1) is 0 Å². The third-order valence-electron chi connectivity index (χ3n) is 13.9. The minimum atomic E-state index is -1.06. The van der Waals surface area contributed by atoms with Crippen molar-refractivity contribution in [2.75, 3.05) is 21.3 Å². The average Bonchev–Trinajstić information content (AvgIpc) is 3.71. The Morgan fingerprint density at radius 1 is 0.450 bits per heavy atom. The molecule has 4 bridgehead atoms. The Labute approximate surface area is 345 Å². The molecule has 0 aliphatic heterocycles. The summed E-state index contributed by atoms with van der Waals surface area (Å²) in [6.45, 7) is 5.68. The van der Waals surface area contributed by atoms with Crippen molar-refractivity contribution in [3.8, 4) is 24.3 Å². The molecule has 8 unspecified atom stereocenters. The molecule has 10 rings (SSSR count). The molecule has 0 spiro atoms. The highest BCUT2D eigenvalue weighted by Crippen LogP contribution is 3.08. The van der Waals surface area contributed by atoms with E-state index < -0.39 is 45.3 Å². The fraction of sp³-hybridized carbons (Fsp3) is 0.250. The number of benzene rings is 4. The summed E-state index contributed by atoms with van der Waals surface area (Å²) in [6.07, 6.45) is 0.